The molecule has 2 aliphatic rings. The molecule has 5 rings (SSSR count). The maximum Gasteiger partial charge on any atom is 0.123 e. The zero-order valence-electron chi connectivity index (χ0n) is 24.1. The van der Waals surface area contributed by atoms with Crippen LogP contribution in [0.15, 0.2) is 72.8 Å². The van der Waals surface area contributed by atoms with Crippen LogP contribution in [0.3, 0.4) is 0 Å². The van der Waals surface area contributed by atoms with Gasteiger partial charge in [-0.3, -0.25) is 0 Å². The van der Waals surface area contributed by atoms with Gasteiger partial charge in [-0.15, -0.1) is 0 Å². The third-order valence-corrected chi connectivity index (χ3v) is 8.70. The second kappa shape index (κ2) is 15.1. The number of hydrogen-bond acceptors (Lipinski definition) is 4. The number of phenols is 1. The number of hydrogen-bond donors (Lipinski definition) is 1. The lowest BCUT2D eigenvalue weighted by Gasteiger charge is -2.34. The molecule has 1 fully saturated rings. The number of benzene rings is 3. The zero-order chi connectivity index (χ0) is 27.4. The lowest BCUT2D eigenvalue weighted by atomic mass is 9.76. The van der Waals surface area contributed by atoms with Crippen molar-refractivity contribution in [2.45, 2.75) is 82.5 Å². The molecule has 3 aromatic rings. The van der Waals surface area contributed by atoms with Crippen molar-refractivity contribution in [3.8, 4) is 17.2 Å². The number of ether oxygens (including phenoxy) is 2. The van der Waals surface area contributed by atoms with Crippen molar-refractivity contribution in [1.82, 2.24) is 4.90 Å². The van der Waals surface area contributed by atoms with Gasteiger partial charge in [0, 0.05) is 17.4 Å². The van der Waals surface area contributed by atoms with Gasteiger partial charge in [0.05, 0.1) is 13.2 Å². The first-order chi connectivity index (χ1) is 19.8. The molecule has 0 spiro atoms. The van der Waals surface area contributed by atoms with Crippen LogP contribution < -0.4 is 9.47 Å². The van der Waals surface area contributed by atoms with E-state index in [1.165, 1.54) is 95.0 Å². The van der Waals surface area contributed by atoms with Crippen LogP contribution in [0.4, 0.5) is 0 Å². The fourth-order valence-corrected chi connectivity index (χ4v) is 6.45. The summed E-state index contributed by atoms with van der Waals surface area (Å²) in [6.45, 7) is 5.38. The second-order valence-electron chi connectivity index (χ2n) is 11.7. The summed E-state index contributed by atoms with van der Waals surface area (Å²) in [6.07, 6.45) is 14.8. The highest BCUT2D eigenvalue weighted by Crippen LogP contribution is 2.47. The topological polar surface area (TPSA) is 41.9 Å². The smallest absolute Gasteiger partial charge is 0.123 e. The number of rotatable bonds is 15. The first kappa shape index (κ1) is 28.5. The molecule has 2 atom stereocenters. The molecule has 0 aromatic heterocycles. The Morgan fingerprint density at radius 3 is 2.12 bits per heavy atom. The van der Waals surface area contributed by atoms with Crippen molar-refractivity contribution < 1.29 is 14.6 Å². The number of fused-ring (bicyclic) bond motifs is 1. The van der Waals surface area contributed by atoms with E-state index in [9.17, 15) is 5.11 Å². The van der Waals surface area contributed by atoms with Gasteiger partial charge in [0.25, 0.3) is 0 Å². The molecule has 3 aromatic carbocycles. The maximum atomic E-state index is 10.2. The minimum Gasteiger partial charge on any atom is -0.508 e. The van der Waals surface area contributed by atoms with Crippen molar-refractivity contribution in [3.63, 3.8) is 0 Å². The van der Waals surface area contributed by atoms with E-state index >= 15 is 0 Å². The van der Waals surface area contributed by atoms with Gasteiger partial charge in [-0.05, 0) is 86.8 Å². The normalized spacial score (nSPS) is 18.8. The van der Waals surface area contributed by atoms with Gasteiger partial charge in [-0.25, -0.2) is 0 Å². The summed E-state index contributed by atoms with van der Waals surface area (Å²) in [5.41, 5.74) is 3.50. The SMILES string of the molecule is Oc1ccc2c(c1)C(c1ccc(OCCCCCCCCCCCN3CCCC3)cc1)[C@@H](c1ccccc1)CO2. The van der Waals surface area contributed by atoms with Gasteiger partial charge in [0.2, 0.25) is 0 Å². The van der Waals surface area contributed by atoms with E-state index in [0.29, 0.717) is 6.61 Å². The Kier molecular flexibility index (Phi) is 10.8. The number of unbranched alkanes of at least 4 members (excludes halogenated alkanes) is 8. The Morgan fingerprint density at radius 1 is 0.725 bits per heavy atom. The van der Waals surface area contributed by atoms with Crippen molar-refractivity contribution in [1.29, 1.82) is 0 Å². The van der Waals surface area contributed by atoms with E-state index in [1.807, 2.05) is 18.2 Å². The van der Waals surface area contributed by atoms with Crippen molar-refractivity contribution in [2.75, 3.05) is 32.8 Å². The number of likely N-dealkylation sites (tertiary alicyclic amines) is 1. The Hall–Kier alpha value is -2.98. The predicted octanol–water partition coefficient (Wildman–Crippen LogP) is 8.69. The Morgan fingerprint density at radius 2 is 1.40 bits per heavy atom. The molecule has 2 heterocycles. The molecular formula is C36H47NO3. The van der Waals surface area contributed by atoms with E-state index < -0.39 is 0 Å². The summed E-state index contributed by atoms with van der Waals surface area (Å²) in [5.74, 6) is 2.34. The Labute approximate surface area is 241 Å². The van der Waals surface area contributed by atoms with E-state index in [2.05, 4.69) is 53.4 Å². The van der Waals surface area contributed by atoms with Crippen LogP contribution >= 0.6 is 0 Å². The predicted molar refractivity (Wildman–Crippen MR) is 164 cm³/mol. The summed E-state index contributed by atoms with van der Waals surface area (Å²) in [5, 5.41) is 10.2. The largest absolute Gasteiger partial charge is 0.508 e. The quantitative estimate of drug-likeness (QED) is 0.195. The molecule has 0 radical (unpaired) electrons. The number of nitrogens with zero attached hydrogens (tertiary/aromatic N) is 1. The first-order valence-electron chi connectivity index (χ1n) is 15.7. The van der Waals surface area contributed by atoms with Crippen LogP contribution in [0.1, 0.15) is 99.2 Å². The van der Waals surface area contributed by atoms with E-state index in [1.54, 1.807) is 6.07 Å². The third kappa shape index (κ3) is 8.04. The molecule has 214 valence electrons. The molecule has 1 N–H and O–H groups in total. The molecule has 40 heavy (non-hydrogen) atoms. The van der Waals surface area contributed by atoms with Crippen LogP contribution in [0.25, 0.3) is 0 Å². The summed E-state index contributed by atoms with van der Waals surface area (Å²) in [6, 6.07) is 24.5. The summed E-state index contributed by atoms with van der Waals surface area (Å²) in [7, 11) is 0. The summed E-state index contributed by atoms with van der Waals surface area (Å²) < 4.78 is 12.2. The minimum atomic E-state index is 0.109. The van der Waals surface area contributed by atoms with Crippen LogP contribution in [0.5, 0.6) is 17.2 Å². The highest BCUT2D eigenvalue weighted by molar-refractivity contribution is 5.51. The summed E-state index contributed by atoms with van der Waals surface area (Å²) >= 11 is 0. The van der Waals surface area contributed by atoms with Gasteiger partial charge in [0.15, 0.2) is 0 Å². The lowest BCUT2D eigenvalue weighted by Crippen LogP contribution is -2.25. The van der Waals surface area contributed by atoms with Crippen LogP contribution in [-0.4, -0.2) is 42.9 Å². The van der Waals surface area contributed by atoms with E-state index in [4.69, 9.17) is 9.47 Å². The van der Waals surface area contributed by atoms with Crippen LogP contribution in [0, 0.1) is 0 Å². The molecule has 1 unspecified atom stereocenters. The van der Waals surface area contributed by atoms with Gasteiger partial charge < -0.3 is 19.5 Å². The fraction of sp³-hybridized carbons (Fsp3) is 0.500. The molecular weight excluding hydrogens is 494 g/mol. The number of phenolic OH excluding ortho intramolecular Hbond substituents is 1. The minimum absolute atomic E-state index is 0.109. The molecule has 2 aliphatic heterocycles. The van der Waals surface area contributed by atoms with E-state index in [0.717, 1.165) is 30.1 Å². The average Bonchev–Trinajstić information content (AvgIpc) is 3.51. The molecule has 4 nitrogen and oxygen atoms in total. The molecule has 0 saturated carbocycles. The zero-order valence-corrected chi connectivity index (χ0v) is 24.1. The molecule has 0 aliphatic carbocycles. The second-order valence-corrected chi connectivity index (χ2v) is 11.7. The standard InChI is InChI=1S/C36H47NO3/c38-31-19-22-35-33(27-31)36(34(28-40-35)29-15-9-8-10-16-29)30-17-20-32(21-18-30)39-26-14-7-5-3-1-2-4-6-11-23-37-24-12-13-25-37/h8-10,15-22,27,34,36,38H,1-7,11-14,23-26,28H2/t34-,36?/m1/s1. The Bertz CT molecular complexity index is 1140. The van der Waals surface area contributed by atoms with Crippen molar-refractivity contribution >= 4 is 0 Å². The molecule has 1 saturated heterocycles. The van der Waals surface area contributed by atoms with Crippen molar-refractivity contribution in [2.24, 2.45) is 0 Å². The van der Waals surface area contributed by atoms with Crippen LogP contribution in [-0.2, 0) is 0 Å². The van der Waals surface area contributed by atoms with Gasteiger partial charge in [0.1, 0.15) is 17.2 Å². The van der Waals surface area contributed by atoms with Gasteiger partial charge in [-0.2, -0.15) is 0 Å². The highest BCUT2D eigenvalue weighted by Gasteiger charge is 2.33. The third-order valence-electron chi connectivity index (χ3n) is 8.70. The van der Waals surface area contributed by atoms with Gasteiger partial charge in [-0.1, -0.05) is 87.4 Å². The fourth-order valence-electron chi connectivity index (χ4n) is 6.45. The summed E-state index contributed by atoms with van der Waals surface area (Å²) in [4.78, 5) is 2.63. The monoisotopic (exact) mass is 541 g/mol. The van der Waals surface area contributed by atoms with Crippen LogP contribution in [0.2, 0.25) is 0 Å². The molecule has 0 bridgehead atoms. The molecule has 0 amide bonds. The Balaban J connectivity index is 1.03. The highest BCUT2D eigenvalue weighted by atomic mass is 16.5. The maximum absolute atomic E-state index is 10.2. The average molecular weight is 542 g/mol. The van der Waals surface area contributed by atoms with E-state index in [-0.39, 0.29) is 17.6 Å². The first-order valence-corrected chi connectivity index (χ1v) is 15.7. The lowest BCUT2D eigenvalue weighted by molar-refractivity contribution is 0.248. The van der Waals surface area contributed by atoms with Crippen molar-refractivity contribution in [3.05, 3.63) is 89.5 Å². The molecule has 4 heteroatoms. The number of aromatic hydroxyl groups is 1. The van der Waals surface area contributed by atoms with Gasteiger partial charge >= 0.3 is 0 Å².